The second-order valence-corrected chi connectivity index (χ2v) is 7.53. The molecule has 6 nitrogen and oxygen atoms in total. The number of benzene rings is 1. The van der Waals surface area contributed by atoms with Gasteiger partial charge in [0.15, 0.2) is 5.82 Å². The number of anilines is 1. The zero-order chi connectivity index (χ0) is 18.8. The van der Waals surface area contributed by atoms with Crippen LogP contribution in [0.5, 0.6) is 0 Å². The molecule has 27 heavy (non-hydrogen) atoms. The molecule has 0 spiro atoms. The van der Waals surface area contributed by atoms with Crippen LogP contribution in [0.4, 0.5) is 5.69 Å². The summed E-state index contributed by atoms with van der Waals surface area (Å²) < 4.78 is 1.91. The molecule has 1 aromatic carbocycles. The third kappa shape index (κ3) is 3.58. The van der Waals surface area contributed by atoms with Crippen molar-refractivity contribution in [3.05, 3.63) is 46.5 Å². The van der Waals surface area contributed by atoms with E-state index in [1.807, 2.05) is 21.6 Å². The predicted octanol–water partition coefficient (Wildman–Crippen LogP) is 3.75. The van der Waals surface area contributed by atoms with Gasteiger partial charge < -0.3 is 14.8 Å². The van der Waals surface area contributed by atoms with E-state index < -0.39 is 0 Å². The van der Waals surface area contributed by atoms with Crippen molar-refractivity contribution in [1.29, 1.82) is 0 Å². The molecule has 0 aliphatic carbocycles. The molecule has 2 aromatic rings. The Morgan fingerprint density at radius 3 is 2.52 bits per heavy atom. The molecule has 4 rings (SSSR count). The van der Waals surface area contributed by atoms with Crippen molar-refractivity contribution in [2.24, 2.45) is 0 Å². The largest absolute Gasteiger partial charge is 0.337 e. The van der Waals surface area contributed by atoms with Crippen molar-refractivity contribution in [1.82, 2.24) is 14.5 Å². The number of likely N-dealkylation sites (tertiary alicyclic amines) is 1. The summed E-state index contributed by atoms with van der Waals surface area (Å²) in [5.74, 6) is -0.0777. The number of aromatic nitrogens is 2. The SMILES string of the molecule is O=C(Nc1ccccc1Cl)c1nc(C(=O)N2CCCCC2)c2n1CCCC2. The van der Waals surface area contributed by atoms with Crippen molar-refractivity contribution in [2.45, 2.75) is 45.1 Å². The minimum atomic E-state index is -0.330. The summed E-state index contributed by atoms with van der Waals surface area (Å²) in [6.07, 6.45) is 5.99. The molecule has 142 valence electrons. The monoisotopic (exact) mass is 386 g/mol. The van der Waals surface area contributed by atoms with E-state index >= 15 is 0 Å². The van der Waals surface area contributed by atoms with Crippen LogP contribution in [-0.2, 0) is 13.0 Å². The highest BCUT2D eigenvalue weighted by Gasteiger charge is 2.30. The Labute approximate surface area is 163 Å². The van der Waals surface area contributed by atoms with Crippen LogP contribution in [0, 0.1) is 0 Å². The average Bonchev–Trinajstić information content (AvgIpc) is 3.10. The lowest BCUT2D eigenvalue weighted by atomic mass is 10.1. The highest BCUT2D eigenvalue weighted by molar-refractivity contribution is 6.33. The highest BCUT2D eigenvalue weighted by atomic mass is 35.5. The number of imidazole rings is 1. The summed E-state index contributed by atoms with van der Waals surface area (Å²) in [6.45, 7) is 2.25. The number of rotatable bonds is 3. The number of para-hydroxylation sites is 1. The zero-order valence-corrected chi connectivity index (χ0v) is 16.0. The van der Waals surface area contributed by atoms with Gasteiger partial charge in [-0.2, -0.15) is 0 Å². The van der Waals surface area contributed by atoms with Gasteiger partial charge in [-0.15, -0.1) is 0 Å². The standard InChI is InChI=1S/C20H23ClN4O2/c21-14-8-2-3-9-15(14)22-19(26)18-23-17(16-10-4-7-13-25(16)18)20(27)24-11-5-1-6-12-24/h2-3,8-9H,1,4-7,10-13H2,(H,22,26). The Balaban J connectivity index is 1.65. The maximum atomic E-state index is 13.0. The summed E-state index contributed by atoms with van der Waals surface area (Å²) >= 11 is 6.15. The molecule has 1 fully saturated rings. The van der Waals surface area contributed by atoms with Gasteiger partial charge >= 0.3 is 0 Å². The minimum Gasteiger partial charge on any atom is -0.337 e. The van der Waals surface area contributed by atoms with Gasteiger partial charge in [-0.05, 0) is 50.7 Å². The second kappa shape index (κ2) is 7.72. The van der Waals surface area contributed by atoms with Crippen LogP contribution in [0.1, 0.15) is 58.9 Å². The van der Waals surface area contributed by atoms with Gasteiger partial charge in [-0.1, -0.05) is 23.7 Å². The van der Waals surface area contributed by atoms with Crippen LogP contribution >= 0.6 is 11.6 Å². The van der Waals surface area contributed by atoms with Crippen LogP contribution < -0.4 is 5.32 Å². The normalized spacial score (nSPS) is 16.7. The molecule has 2 aliphatic heterocycles. The molecular formula is C20H23ClN4O2. The molecule has 2 aliphatic rings. The first kappa shape index (κ1) is 18.0. The summed E-state index contributed by atoms with van der Waals surface area (Å²) in [5.41, 5.74) is 1.88. The quantitative estimate of drug-likeness (QED) is 0.873. The van der Waals surface area contributed by atoms with E-state index in [0.717, 1.165) is 57.3 Å². The molecule has 0 saturated carbocycles. The number of hydrogen-bond donors (Lipinski definition) is 1. The number of nitrogens with one attached hydrogen (secondary N) is 1. The maximum absolute atomic E-state index is 13.0. The molecule has 0 atom stereocenters. The van der Waals surface area contributed by atoms with E-state index in [9.17, 15) is 9.59 Å². The Bertz CT molecular complexity index is 871. The van der Waals surface area contributed by atoms with Crippen LogP contribution in [0.2, 0.25) is 5.02 Å². The van der Waals surface area contributed by atoms with Crippen molar-refractivity contribution >= 4 is 29.1 Å². The van der Waals surface area contributed by atoms with Crippen LogP contribution in [0.15, 0.2) is 24.3 Å². The van der Waals surface area contributed by atoms with Crippen LogP contribution in [0.25, 0.3) is 0 Å². The number of carbonyl (C=O) groups is 2. The summed E-state index contributed by atoms with van der Waals surface area (Å²) in [7, 11) is 0. The fraction of sp³-hybridized carbons (Fsp3) is 0.450. The first-order chi connectivity index (χ1) is 13.1. The third-order valence-electron chi connectivity index (χ3n) is 5.29. The molecule has 7 heteroatoms. The van der Waals surface area contributed by atoms with Crippen molar-refractivity contribution < 1.29 is 9.59 Å². The lowest BCUT2D eigenvalue weighted by molar-refractivity contribution is 0.0717. The highest BCUT2D eigenvalue weighted by Crippen LogP contribution is 2.25. The number of amides is 2. The Morgan fingerprint density at radius 1 is 1.00 bits per heavy atom. The number of hydrogen-bond acceptors (Lipinski definition) is 3. The van der Waals surface area contributed by atoms with Crippen LogP contribution in [0.3, 0.4) is 0 Å². The summed E-state index contributed by atoms with van der Waals surface area (Å²) in [6, 6.07) is 7.10. The zero-order valence-electron chi connectivity index (χ0n) is 15.2. The Morgan fingerprint density at radius 2 is 1.74 bits per heavy atom. The first-order valence-corrected chi connectivity index (χ1v) is 9.97. The molecule has 0 unspecified atom stereocenters. The Hall–Kier alpha value is -2.34. The smallest absolute Gasteiger partial charge is 0.291 e. The van der Waals surface area contributed by atoms with Crippen LogP contribution in [-0.4, -0.2) is 39.4 Å². The van der Waals surface area contributed by atoms with Crippen molar-refractivity contribution in [3.63, 3.8) is 0 Å². The van der Waals surface area contributed by atoms with Crippen molar-refractivity contribution in [3.8, 4) is 0 Å². The molecule has 0 bridgehead atoms. The van der Waals surface area contributed by atoms with Gasteiger partial charge in [0.05, 0.1) is 16.4 Å². The minimum absolute atomic E-state index is 0.0443. The van der Waals surface area contributed by atoms with Crippen molar-refractivity contribution in [2.75, 3.05) is 18.4 Å². The number of halogens is 1. The molecule has 2 amide bonds. The molecule has 3 heterocycles. The van der Waals surface area contributed by atoms with E-state index in [1.165, 1.54) is 0 Å². The summed E-state index contributed by atoms with van der Waals surface area (Å²) in [4.78, 5) is 32.3. The predicted molar refractivity (Wildman–Crippen MR) is 104 cm³/mol. The third-order valence-corrected chi connectivity index (χ3v) is 5.62. The molecular weight excluding hydrogens is 364 g/mol. The second-order valence-electron chi connectivity index (χ2n) is 7.13. The van der Waals surface area contributed by atoms with Gasteiger partial charge in [0.1, 0.15) is 5.69 Å². The van der Waals surface area contributed by atoms with Gasteiger partial charge in [0, 0.05) is 19.6 Å². The number of nitrogens with zero attached hydrogens (tertiary/aromatic N) is 3. The van der Waals surface area contributed by atoms with Gasteiger partial charge in [-0.25, -0.2) is 4.98 Å². The molecule has 0 radical (unpaired) electrons. The maximum Gasteiger partial charge on any atom is 0.291 e. The van der Waals surface area contributed by atoms with E-state index in [2.05, 4.69) is 10.3 Å². The fourth-order valence-corrected chi connectivity index (χ4v) is 4.06. The Kier molecular flexibility index (Phi) is 5.16. The molecule has 1 saturated heterocycles. The van der Waals surface area contributed by atoms with Gasteiger partial charge in [0.2, 0.25) is 0 Å². The van der Waals surface area contributed by atoms with E-state index in [-0.39, 0.29) is 11.8 Å². The van der Waals surface area contributed by atoms with E-state index in [4.69, 9.17) is 11.6 Å². The van der Waals surface area contributed by atoms with Gasteiger partial charge in [0.25, 0.3) is 11.8 Å². The topological polar surface area (TPSA) is 67.2 Å². The number of piperidine rings is 1. The van der Waals surface area contributed by atoms with E-state index in [0.29, 0.717) is 28.8 Å². The average molecular weight is 387 g/mol. The summed E-state index contributed by atoms with van der Waals surface area (Å²) in [5, 5.41) is 3.30. The lowest BCUT2D eigenvalue weighted by Gasteiger charge is -2.26. The van der Waals surface area contributed by atoms with E-state index in [1.54, 1.807) is 12.1 Å². The fourth-order valence-electron chi connectivity index (χ4n) is 3.88. The molecule has 1 N–H and O–H groups in total. The van der Waals surface area contributed by atoms with Gasteiger partial charge in [-0.3, -0.25) is 9.59 Å². The number of carbonyl (C=O) groups excluding carboxylic acids is 2. The first-order valence-electron chi connectivity index (χ1n) is 9.59. The molecule has 1 aromatic heterocycles. The lowest BCUT2D eigenvalue weighted by Crippen LogP contribution is -2.36. The number of fused-ring (bicyclic) bond motifs is 1.